The number of likely N-dealkylation sites (tertiary alicyclic amines) is 1. The Bertz CT molecular complexity index is 282. The van der Waals surface area contributed by atoms with E-state index in [4.69, 9.17) is 10.5 Å². The summed E-state index contributed by atoms with van der Waals surface area (Å²) in [6, 6.07) is 0. The Labute approximate surface area is 110 Å². The Morgan fingerprint density at radius 1 is 1.22 bits per heavy atom. The van der Waals surface area contributed by atoms with Crippen molar-refractivity contribution in [3.8, 4) is 0 Å². The summed E-state index contributed by atoms with van der Waals surface area (Å²) in [5.41, 5.74) is 6.11. The van der Waals surface area contributed by atoms with E-state index in [0.29, 0.717) is 6.61 Å². The summed E-state index contributed by atoms with van der Waals surface area (Å²) in [5.74, 6) is 0.131. The third-order valence-electron chi connectivity index (χ3n) is 4.24. The van der Waals surface area contributed by atoms with Crippen LogP contribution in [0.3, 0.4) is 0 Å². The molecular formula is C14H26N2O2. The molecule has 1 heterocycles. The lowest BCUT2D eigenvalue weighted by atomic mass is 9.83. The maximum atomic E-state index is 12.1. The average molecular weight is 254 g/mol. The minimum absolute atomic E-state index is 0.131. The van der Waals surface area contributed by atoms with Crippen LogP contribution >= 0.6 is 0 Å². The molecule has 0 bridgehead atoms. The van der Waals surface area contributed by atoms with Crippen molar-refractivity contribution in [2.24, 2.45) is 5.73 Å². The maximum Gasteiger partial charge on any atom is 0.251 e. The molecule has 2 fully saturated rings. The predicted octanol–water partition coefficient (Wildman–Crippen LogP) is 1.68. The number of amides is 1. The summed E-state index contributed by atoms with van der Waals surface area (Å²) in [7, 11) is 0. The lowest BCUT2D eigenvalue weighted by molar-refractivity contribution is -0.142. The number of carbonyl (C=O) groups is 1. The summed E-state index contributed by atoms with van der Waals surface area (Å²) in [5, 5.41) is 0. The standard InChI is InChI=1S/C14H26N2O2/c1-12(13(17)16-9-5-6-10-16)18-11-14(15)7-3-2-4-8-14/h12H,2-11,15H2,1H3. The average Bonchev–Trinajstić information content (AvgIpc) is 2.90. The minimum Gasteiger partial charge on any atom is -0.367 e. The first-order valence-corrected chi connectivity index (χ1v) is 7.30. The van der Waals surface area contributed by atoms with Crippen LogP contribution in [0.25, 0.3) is 0 Å². The maximum absolute atomic E-state index is 12.1. The van der Waals surface area contributed by atoms with Crippen LogP contribution in [0.15, 0.2) is 0 Å². The van der Waals surface area contributed by atoms with Gasteiger partial charge in [0.05, 0.1) is 6.61 Å². The normalized spacial score (nSPS) is 25.1. The summed E-state index contributed by atoms with van der Waals surface area (Å²) >= 11 is 0. The number of hydrogen-bond acceptors (Lipinski definition) is 3. The van der Waals surface area contributed by atoms with Crippen LogP contribution in [0.2, 0.25) is 0 Å². The lowest BCUT2D eigenvalue weighted by Gasteiger charge is -2.34. The molecular weight excluding hydrogens is 228 g/mol. The molecule has 2 N–H and O–H groups in total. The van der Waals surface area contributed by atoms with Crippen LogP contribution in [0.5, 0.6) is 0 Å². The van der Waals surface area contributed by atoms with Gasteiger partial charge in [-0.25, -0.2) is 0 Å². The molecule has 4 nitrogen and oxygen atoms in total. The molecule has 1 atom stereocenters. The van der Waals surface area contributed by atoms with Crippen LogP contribution in [-0.2, 0) is 9.53 Å². The van der Waals surface area contributed by atoms with Crippen LogP contribution in [0.4, 0.5) is 0 Å². The predicted molar refractivity (Wildman–Crippen MR) is 71.2 cm³/mol. The number of nitrogens with two attached hydrogens (primary N) is 1. The minimum atomic E-state index is -0.342. The monoisotopic (exact) mass is 254 g/mol. The second kappa shape index (κ2) is 6.02. The molecule has 0 radical (unpaired) electrons. The van der Waals surface area contributed by atoms with Crippen molar-refractivity contribution in [1.82, 2.24) is 4.90 Å². The number of carbonyl (C=O) groups excluding carboxylic acids is 1. The van der Waals surface area contributed by atoms with Crippen molar-refractivity contribution in [2.45, 2.75) is 63.5 Å². The first kappa shape index (κ1) is 13.8. The van der Waals surface area contributed by atoms with Gasteiger partial charge in [0.25, 0.3) is 5.91 Å². The molecule has 0 aromatic heterocycles. The van der Waals surface area contributed by atoms with Gasteiger partial charge in [-0.15, -0.1) is 0 Å². The van der Waals surface area contributed by atoms with Gasteiger partial charge < -0.3 is 15.4 Å². The highest BCUT2D eigenvalue weighted by Gasteiger charge is 2.30. The zero-order chi connectivity index (χ0) is 13.0. The van der Waals surface area contributed by atoms with E-state index < -0.39 is 0 Å². The van der Waals surface area contributed by atoms with Gasteiger partial charge in [-0.05, 0) is 32.6 Å². The molecule has 1 amide bonds. The van der Waals surface area contributed by atoms with Crippen molar-refractivity contribution < 1.29 is 9.53 Å². The Morgan fingerprint density at radius 3 is 2.44 bits per heavy atom. The molecule has 18 heavy (non-hydrogen) atoms. The van der Waals surface area contributed by atoms with E-state index in [-0.39, 0.29) is 17.6 Å². The Balaban J connectivity index is 1.76. The molecule has 4 heteroatoms. The molecule has 1 aliphatic heterocycles. The van der Waals surface area contributed by atoms with Crippen LogP contribution in [0, 0.1) is 0 Å². The van der Waals surface area contributed by atoms with Gasteiger partial charge in [0.1, 0.15) is 6.10 Å². The molecule has 104 valence electrons. The quantitative estimate of drug-likeness (QED) is 0.830. The van der Waals surface area contributed by atoms with Gasteiger partial charge in [0, 0.05) is 18.6 Å². The number of hydrogen-bond donors (Lipinski definition) is 1. The third-order valence-corrected chi connectivity index (χ3v) is 4.24. The van der Waals surface area contributed by atoms with Crippen molar-refractivity contribution in [2.75, 3.05) is 19.7 Å². The largest absolute Gasteiger partial charge is 0.367 e. The van der Waals surface area contributed by atoms with Crippen molar-refractivity contribution in [1.29, 1.82) is 0 Å². The SMILES string of the molecule is CC(OCC1(N)CCCCC1)C(=O)N1CCCC1. The van der Waals surface area contributed by atoms with E-state index in [9.17, 15) is 4.79 Å². The highest BCUT2D eigenvalue weighted by Crippen LogP contribution is 2.26. The zero-order valence-electron chi connectivity index (χ0n) is 11.5. The fourth-order valence-electron chi connectivity index (χ4n) is 2.96. The fourth-order valence-corrected chi connectivity index (χ4v) is 2.96. The van der Waals surface area contributed by atoms with E-state index >= 15 is 0 Å². The van der Waals surface area contributed by atoms with Crippen LogP contribution in [-0.4, -0.2) is 42.1 Å². The topological polar surface area (TPSA) is 55.6 Å². The fraction of sp³-hybridized carbons (Fsp3) is 0.929. The molecule has 2 rings (SSSR count). The second-order valence-corrected chi connectivity index (χ2v) is 5.91. The van der Waals surface area contributed by atoms with Gasteiger partial charge in [0.15, 0.2) is 0 Å². The van der Waals surface area contributed by atoms with E-state index in [1.165, 1.54) is 19.3 Å². The van der Waals surface area contributed by atoms with Gasteiger partial charge in [-0.3, -0.25) is 4.79 Å². The van der Waals surface area contributed by atoms with Gasteiger partial charge in [-0.2, -0.15) is 0 Å². The van der Waals surface area contributed by atoms with E-state index in [0.717, 1.165) is 38.8 Å². The summed E-state index contributed by atoms with van der Waals surface area (Å²) in [4.78, 5) is 14.0. The lowest BCUT2D eigenvalue weighted by Crippen LogP contribution is -2.48. The molecule has 1 unspecified atom stereocenters. The highest BCUT2D eigenvalue weighted by molar-refractivity contribution is 5.80. The van der Waals surface area contributed by atoms with Crippen LogP contribution in [0.1, 0.15) is 51.9 Å². The van der Waals surface area contributed by atoms with Crippen molar-refractivity contribution in [3.05, 3.63) is 0 Å². The number of ether oxygens (including phenoxy) is 1. The third kappa shape index (κ3) is 3.45. The molecule has 0 spiro atoms. The summed E-state index contributed by atoms with van der Waals surface area (Å²) < 4.78 is 5.74. The van der Waals surface area contributed by atoms with Crippen LogP contribution < -0.4 is 5.73 Å². The molecule has 1 saturated carbocycles. The Hall–Kier alpha value is -0.610. The first-order chi connectivity index (χ1) is 8.61. The molecule has 0 aromatic carbocycles. The smallest absolute Gasteiger partial charge is 0.251 e. The summed E-state index contributed by atoms with van der Waals surface area (Å²) in [6.07, 6.45) is 7.61. The molecule has 1 aliphatic carbocycles. The first-order valence-electron chi connectivity index (χ1n) is 7.30. The van der Waals surface area contributed by atoms with Gasteiger partial charge in [-0.1, -0.05) is 19.3 Å². The van der Waals surface area contributed by atoms with Crippen molar-refractivity contribution in [3.63, 3.8) is 0 Å². The van der Waals surface area contributed by atoms with Gasteiger partial charge in [0.2, 0.25) is 0 Å². The van der Waals surface area contributed by atoms with E-state index in [1.807, 2.05) is 11.8 Å². The molecule has 2 aliphatic rings. The van der Waals surface area contributed by atoms with E-state index in [2.05, 4.69) is 0 Å². The Kier molecular flexibility index (Phi) is 4.62. The highest BCUT2D eigenvalue weighted by atomic mass is 16.5. The second-order valence-electron chi connectivity index (χ2n) is 5.91. The zero-order valence-corrected chi connectivity index (χ0v) is 11.5. The summed E-state index contributed by atoms with van der Waals surface area (Å²) in [6.45, 7) is 4.15. The van der Waals surface area contributed by atoms with E-state index in [1.54, 1.807) is 0 Å². The Morgan fingerprint density at radius 2 is 1.83 bits per heavy atom. The number of nitrogens with zero attached hydrogens (tertiary/aromatic N) is 1. The van der Waals surface area contributed by atoms with Gasteiger partial charge >= 0.3 is 0 Å². The number of rotatable bonds is 4. The molecule has 0 aromatic rings. The molecule has 1 saturated heterocycles. The van der Waals surface area contributed by atoms with Crippen molar-refractivity contribution >= 4 is 5.91 Å².